The molecule has 0 bridgehead atoms. The maximum atomic E-state index is 14.0. The predicted octanol–water partition coefficient (Wildman–Crippen LogP) is 8.56. The van der Waals surface area contributed by atoms with Gasteiger partial charge in [-0.25, -0.2) is 4.39 Å². The number of hydrogen-bond acceptors (Lipinski definition) is 6. The normalized spacial score (nSPS) is 40.5. The number of fused-ring (bicyclic) bond motifs is 7. The van der Waals surface area contributed by atoms with E-state index >= 15 is 0 Å². The van der Waals surface area contributed by atoms with E-state index in [0.717, 1.165) is 56.1 Å². The van der Waals surface area contributed by atoms with Gasteiger partial charge in [-0.3, -0.25) is 19.2 Å². The molecule has 5 unspecified atom stereocenters. The lowest BCUT2D eigenvalue weighted by Crippen LogP contribution is -2.66. The van der Waals surface area contributed by atoms with Gasteiger partial charge in [0.25, 0.3) is 5.91 Å². The molecule has 0 radical (unpaired) electrons. The smallest absolute Gasteiger partial charge is 0.309 e. The number of carboxylic acids is 1. The Morgan fingerprint density at radius 1 is 0.855 bits per heavy atom. The quantitative estimate of drug-likeness (QED) is 0.227. The van der Waals surface area contributed by atoms with Gasteiger partial charge in [-0.2, -0.15) is 0 Å². The molecule has 0 heterocycles. The van der Waals surface area contributed by atoms with Crippen molar-refractivity contribution in [2.24, 2.45) is 68.0 Å². The Kier molecular flexibility index (Phi) is 9.66. The van der Waals surface area contributed by atoms with Crippen LogP contribution in [0.4, 0.5) is 4.39 Å². The number of carbonyl (C=O) groups is 4. The Morgan fingerprint density at radius 3 is 2.15 bits per heavy atom. The number of amides is 1. The van der Waals surface area contributed by atoms with Gasteiger partial charge in [0.05, 0.1) is 17.9 Å². The van der Waals surface area contributed by atoms with Crippen molar-refractivity contribution in [1.29, 1.82) is 0 Å². The maximum Gasteiger partial charge on any atom is 0.309 e. The minimum atomic E-state index is -0.935. The second kappa shape index (κ2) is 13.2. The fourth-order valence-corrected chi connectivity index (χ4v) is 14.3. The second-order valence-corrected chi connectivity index (χ2v) is 20.9. The van der Waals surface area contributed by atoms with Crippen molar-refractivity contribution >= 4 is 23.6 Å². The van der Waals surface area contributed by atoms with Gasteiger partial charge in [0.2, 0.25) is 0 Å². The summed E-state index contributed by atoms with van der Waals surface area (Å²) in [6.07, 6.45) is 6.75. The highest BCUT2D eigenvalue weighted by Gasteiger charge is 2.71. The van der Waals surface area contributed by atoms with Crippen molar-refractivity contribution in [3.8, 4) is 0 Å². The van der Waals surface area contributed by atoms with Crippen LogP contribution in [-0.2, 0) is 19.1 Å². The van der Waals surface area contributed by atoms with E-state index in [1.807, 2.05) is 13.8 Å². The molecule has 0 aliphatic heterocycles. The largest absolute Gasteiger partial charge is 0.481 e. The molecule has 5 saturated carbocycles. The van der Waals surface area contributed by atoms with Crippen LogP contribution in [0, 0.1) is 73.8 Å². The van der Waals surface area contributed by atoms with Crippen LogP contribution in [0.5, 0.6) is 0 Å². The molecule has 0 spiro atoms. The van der Waals surface area contributed by atoms with Gasteiger partial charge in [-0.05, 0) is 133 Å². The molecule has 9 heteroatoms. The lowest BCUT2D eigenvalue weighted by molar-refractivity contribution is -0.238. The minimum absolute atomic E-state index is 0.0145. The summed E-state index contributed by atoms with van der Waals surface area (Å²) in [7, 11) is 0. The Balaban J connectivity index is 1.13. The number of carboxylic acid groups (broad SMARTS) is 1. The molecule has 1 aromatic rings. The molecule has 5 fully saturated rings. The van der Waals surface area contributed by atoms with Crippen molar-refractivity contribution in [2.75, 3.05) is 6.54 Å². The van der Waals surface area contributed by atoms with Crippen LogP contribution in [-0.4, -0.2) is 52.6 Å². The Morgan fingerprint density at radius 2 is 1.53 bits per heavy atom. The van der Waals surface area contributed by atoms with E-state index in [1.165, 1.54) is 24.3 Å². The van der Waals surface area contributed by atoms with Crippen LogP contribution in [0.1, 0.15) is 137 Å². The summed E-state index contributed by atoms with van der Waals surface area (Å²) in [5.74, 6) is -1.76. The van der Waals surface area contributed by atoms with Crippen LogP contribution < -0.4 is 5.32 Å². The number of Topliss-reactive ketones (excluding diaryl/α,β-unsaturated/α-hetero) is 1. The fraction of sp³-hybridized carbons (Fsp3) is 0.739. The number of rotatable bonds is 8. The molecule has 11 atom stereocenters. The topological polar surface area (TPSA) is 130 Å². The number of ketones is 1. The van der Waals surface area contributed by atoms with Crippen molar-refractivity contribution in [3.05, 3.63) is 46.8 Å². The summed E-state index contributed by atoms with van der Waals surface area (Å²) in [6, 6.07) is 5.37. The van der Waals surface area contributed by atoms with Crippen LogP contribution >= 0.6 is 0 Å². The molecule has 6 aliphatic rings. The Bertz CT molecular complexity index is 1800. The zero-order valence-electron chi connectivity index (χ0n) is 34.5. The number of ether oxygens (including phenoxy) is 1. The molecule has 1 aromatic carbocycles. The number of halogens is 1. The zero-order valence-corrected chi connectivity index (χ0v) is 34.5. The summed E-state index contributed by atoms with van der Waals surface area (Å²) in [5, 5.41) is 24.6. The SMILES string of the molecule is CC(C)C1=C2C3CC[C@@H]4C5(C)CCC(OC(=O)[C@H]6C[C@@H](C(=O)O)C6(C)C)C(C)(C)[C@@H]5CCC4(C)[C@]3(C)CCC2([C@@H](O)CNC(=O)c2ccc(F)cc2)CC1=O. The zero-order chi connectivity index (χ0) is 40.3. The molecule has 8 nitrogen and oxygen atoms in total. The van der Waals surface area contributed by atoms with Gasteiger partial charge < -0.3 is 20.3 Å². The highest BCUT2D eigenvalue weighted by molar-refractivity contribution is 6.01. The molecule has 7 rings (SSSR count). The lowest BCUT2D eigenvalue weighted by Gasteiger charge is -2.72. The molecule has 6 aliphatic carbocycles. The van der Waals surface area contributed by atoms with Crippen molar-refractivity contribution in [3.63, 3.8) is 0 Å². The van der Waals surface area contributed by atoms with E-state index in [2.05, 4.69) is 53.8 Å². The van der Waals surface area contributed by atoms with E-state index in [9.17, 15) is 33.8 Å². The minimum Gasteiger partial charge on any atom is -0.481 e. The van der Waals surface area contributed by atoms with Crippen LogP contribution in [0.2, 0.25) is 0 Å². The molecule has 3 N–H and O–H groups in total. The number of aliphatic hydroxyl groups is 1. The first-order chi connectivity index (χ1) is 25.6. The van der Waals surface area contributed by atoms with Crippen molar-refractivity contribution in [1.82, 2.24) is 5.32 Å². The first-order valence-electron chi connectivity index (χ1n) is 21.0. The highest BCUT2D eigenvalue weighted by atomic mass is 19.1. The number of carbonyl (C=O) groups excluding carboxylic acids is 3. The number of esters is 1. The third-order valence-corrected chi connectivity index (χ3v) is 17.7. The van der Waals surface area contributed by atoms with E-state index in [4.69, 9.17) is 4.74 Å². The molecule has 0 aromatic heterocycles. The second-order valence-electron chi connectivity index (χ2n) is 20.9. The first-order valence-corrected chi connectivity index (χ1v) is 21.0. The first kappa shape index (κ1) is 40.1. The molecule has 55 heavy (non-hydrogen) atoms. The average Bonchev–Trinajstić information content (AvgIpc) is 3.41. The highest BCUT2D eigenvalue weighted by Crippen LogP contribution is 2.77. The van der Waals surface area contributed by atoms with Crippen LogP contribution in [0.15, 0.2) is 35.4 Å². The summed E-state index contributed by atoms with van der Waals surface area (Å²) in [6.45, 7) is 20.0. The fourth-order valence-electron chi connectivity index (χ4n) is 14.3. The molecule has 302 valence electrons. The molecule has 1 amide bonds. The van der Waals surface area contributed by atoms with Gasteiger partial charge in [-0.1, -0.05) is 67.9 Å². The molecule has 0 saturated heterocycles. The Hall–Kier alpha value is -3.07. The number of nitrogens with one attached hydrogen (secondary N) is 1. The van der Waals surface area contributed by atoms with E-state index in [1.54, 1.807) is 0 Å². The van der Waals surface area contributed by atoms with Crippen LogP contribution in [0.3, 0.4) is 0 Å². The van der Waals surface area contributed by atoms with Gasteiger partial charge >= 0.3 is 11.9 Å². The number of allylic oxidation sites excluding steroid dienone is 1. The predicted molar refractivity (Wildman–Crippen MR) is 207 cm³/mol. The van der Waals surface area contributed by atoms with E-state index < -0.39 is 40.6 Å². The standard InChI is InChI=1S/C46H64FNO7/c1-25(2)36-31(49)23-46(34(50)24-48-38(51)26-10-12-27(47)13-11-26)21-20-44(8)28(37(36)46)14-15-33-43(7)18-17-35(42(5,6)32(43)16-19-45(33,44)9)55-40(54)30-22-29(39(52)53)41(30,3)4/h10-13,25,28-30,32-35,50H,14-24H2,1-9H3,(H,48,51)(H,52,53)/t28?,29-,30+,32-,33+,34-,35?,43?,44+,45?,46?/m0/s1. The van der Waals surface area contributed by atoms with Crippen molar-refractivity contribution in [2.45, 2.75) is 139 Å². The number of aliphatic carboxylic acids is 1. The monoisotopic (exact) mass is 761 g/mol. The van der Waals surface area contributed by atoms with Gasteiger partial charge in [0.1, 0.15) is 11.9 Å². The number of benzene rings is 1. The number of aliphatic hydroxyl groups excluding tert-OH is 1. The third-order valence-electron chi connectivity index (χ3n) is 17.7. The molecular weight excluding hydrogens is 698 g/mol. The Labute approximate surface area is 326 Å². The lowest BCUT2D eigenvalue weighted by atomic mass is 9.33. The summed E-state index contributed by atoms with van der Waals surface area (Å²) in [5.41, 5.74) is 0.652. The summed E-state index contributed by atoms with van der Waals surface area (Å²) in [4.78, 5) is 52.4. The van der Waals surface area contributed by atoms with E-state index in [-0.39, 0.29) is 70.2 Å². The van der Waals surface area contributed by atoms with Gasteiger partial charge in [0.15, 0.2) is 5.78 Å². The van der Waals surface area contributed by atoms with Gasteiger partial charge in [0, 0.05) is 29.4 Å². The number of hydrogen-bond donors (Lipinski definition) is 3. The van der Waals surface area contributed by atoms with Gasteiger partial charge in [-0.15, -0.1) is 0 Å². The van der Waals surface area contributed by atoms with E-state index in [0.29, 0.717) is 30.2 Å². The third kappa shape index (κ3) is 5.73. The van der Waals surface area contributed by atoms with Crippen molar-refractivity contribution < 1.29 is 38.5 Å². The van der Waals surface area contributed by atoms with Crippen LogP contribution in [0.25, 0.3) is 0 Å². The maximum absolute atomic E-state index is 14.0. The molecular formula is C46H64FNO7. The summed E-state index contributed by atoms with van der Waals surface area (Å²) >= 11 is 0. The average molecular weight is 762 g/mol. The summed E-state index contributed by atoms with van der Waals surface area (Å²) < 4.78 is 19.9.